The molecule has 2 fully saturated rings. The highest BCUT2D eigenvalue weighted by molar-refractivity contribution is 4.99. The molecule has 0 aromatic carbocycles. The van der Waals surface area contributed by atoms with Gasteiger partial charge in [-0.15, -0.1) is 0 Å². The Morgan fingerprint density at radius 3 is 3.14 bits per heavy atom. The second kappa shape index (κ2) is 1.16. The quantitative estimate of drug-likeness (QED) is 0.326. The Bertz CT molecular complexity index is 70.2. The predicted octanol–water partition coefficient (Wildman–Crippen LogP) is 1.14. The van der Waals surface area contributed by atoms with E-state index in [1.54, 1.807) is 0 Å². The van der Waals surface area contributed by atoms with Crippen molar-refractivity contribution in [2.45, 2.75) is 31.5 Å². The fourth-order valence-electron chi connectivity index (χ4n) is 1.20. The van der Waals surface area contributed by atoms with Crippen molar-refractivity contribution in [3.63, 3.8) is 0 Å². The van der Waals surface area contributed by atoms with E-state index in [0.717, 1.165) is 0 Å². The van der Waals surface area contributed by atoms with E-state index in [1.165, 1.54) is 19.3 Å². The minimum Gasteiger partial charge on any atom is -0.324 e. The van der Waals surface area contributed by atoms with Crippen LogP contribution < -0.4 is 0 Å². The minimum absolute atomic E-state index is 0.578. The smallest absolute Gasteiger partial charge is 0.224 e. The van der Waals surface area contributed by atoms with E-state index in [4.69, 9.17) is 4.74 Å². The lowest BCUT2D eigenvalue weighted by Gasteiger charge is -1.92. The maximum absolute atomic E-state index is 5.22. The van der Waals surface area contributed by atoms with E-state index in [0.29, 0.717) is 12.2 Å². The third-order valence-electron chi connectivity index (χ3n) is 1.71. The molecule has 1 nitrogen and oxygen atoms in total. The Kier molecular flexibility index (Phi) is 0.627. The third kappa shape index (κ3) is 0.520. The van der Waals surface area contributed by atoms with E-state index in [1.807, 2.05) is 0 Å². The van der Waals surface area contributed by atoms with Crippen molar-refractivity contribution in [1.29, 1.82) is 0 Å². The third-order valence-corrected chi connectivity index (χ3v) is 1.71. The molecule has 7 heavy (non-hydrogen) atoms. The number of hydrogen-bond donors (Lipinski definition) is 0. The minimum atomic E-state index is 0.578. The van der Waals surface area contributed by atoms with Gasteiger partial charge in [-0.3, -0.25) is 0 Å². The summed E-state index contributed by atoms with van der Waals surface area (Å²) in [5.41, 5.74) is 0. The number of rotatable bonds is 0. The van der Waals surface area contributed by atoms with Crippen molar-refractivity contribution in [1.82, 2.24) is 0 Å². The van der Waals surface area contributed by atoms with Crippen LogP contribution >= 0.6 is 0 Å². The van der Waals surface area contributed by atoms with E-state index in [9.17, 15) is 0 Å². The second-order valence-electron chi connectivity index (χ2n) is 2.31. The monoisotopic (exact) mass is 97.1 g/mol. The lowest BCUT2D eigenvalue weighted by atomic mass is 10.0. The average molecular weight is 97.1 g/mol. The summed E-state index contributed by atoms with van der Waals surface area (Å²) in [5, 5.41) is 0. The van der Waals surface area contributed by atoms with Crippen LogP contribution in [-0.4, -0.2) is 12.2 Å². The molecule has 1 saturated heterocycles. The summed E-state index contributed by atoms with van der Waals surface area (Å²) in [4.78, 5) is 0. The van der Waals surface area contributed by atoms with Crippen LogP contribution in [0.2, 0.25) is 0 Å². The summed E-state index contributed by atoms with van der Waals surface area (Å²) < 4.78 is 5.22. The number of ether oxygens (including phenoxy) is 1. The highest BCUT2D eigenvalue weighted by atomic mass is 16.6. The van der Waals surface area contributed by atoms with Gasteiger partial charge in [-0.1, -0.05) is 0 Å². The van der Waals surface area contributed by atoms with Gasteiger partial charge in [0.1, 0.15) is 12.5 Å². The molecule has 0 bridgehead atoms. The van der Waals surface area contributed by atoms with Crippen molar-refractivity contribution in [3.05, 3.63) is 6.42 Å². The molecule has 0 aromatic heterocycles. The Morgan fingerprint density at radius 1 is 1.57 bits per heavy atom. The SMILES string of the molecule is [CH+]1CCCC2OC12. The highest BCUT2D eigenvalue weighted by Crippen LogP contribution is 2.35. The highest BCUT2D eigenvalue weighted by Gasteiger charge is 2.48. The largest absolute Gasteiger partial charge is 0.324 e. The normalized spacial score (nSPS) is 46.9. The Labute approximate surface area is 43.7 Å². The van der Waals surface area contributed by atoms with Gasteiger partial charge < -0.3 is 4.74 Å². The average Bonchev–Trinajstić information content (AvgIpc) is 2.41. The topological polar surface area (TPSA) is 12.5 Å². The predicted molar refractivity (Wildman–Crippen MR) is 26.8 cm³/mol. The van der Waals surface area contributed by atoms with E-state index in [2.05, 4.69) is 6.42 Å². The first-order valence-corrected chi connectivity index (χ1v) is 2.95. The molecule has 1 heteroatoms. The van der Waals surface area contributed by atoms with E-state index in [-0.39, 0.29) is 0 Å². The first-order chi connectivity index (χ1) is 3.47. The summed E-state index contributed by atoms with van der Waals surface area (Å²) >= 11 is 0. The van der Waals surface area contributed by atoms with Gasteiger partial charge in [-0.25, -0.2) is 0 Å². The molecule has 38 valence electrons. The van der Waals surface area contributed by atoms with Gasteiger partial charge in [-0.05, 0) is 12.8 Å². The molecule has 2 aliphatic rings. The molecule has 2 unspecified atom stereocenters. The van der Waals surface area contributed by atoms with Gasteiger partial charge in [0.05, 0.1) is 6.42 Å². The van der Waals surface area contributed by atoms with Gasteiger partial charge in [-0.2, -0.15) is 0 Å². The maximum atomic E-state index is 5.22. The van der Waals surface area contributed by atoms with Crippen LogP contribution in [0, 0.1) is 6.42 Å². The van der Waals surface area contributed by atoms with Crippen LogP contribution in [0.15, 0.2) is 0 Å². The lowest BCUT2D eigenvalue weighted by molar-refractivity contribution is 0.384. The summed E-state index contributed by atoms with van der Waals surface area (Å²) in [6.45, 7) is 0. The molecule has 0 N–H and O–H groups in total. The number of epoxide rings is 1. The van der Waals surface area contributed by atoms with Crippen molar-refractivity contribution in [2.24, 2.45) is 0 Å². The fourth-order valence-corrected chi connectivity index (χ4v) is 1.20. The van der Waals surface area contributed by atoms with Crippen LogP contribution in [0.5, 0.6) is 0 Å². The molecule has 2 rings (SSSR count). The fraction of sp³-hybridized carbons (Fsp3) is 0.833. The zero-order chi connectivity index (χ0) is 4.69. The second-order valence-corrected chi connectivity index (χ2v) is 2.31. The summed E-state index contributed by atoms with van der Waals surface area (Å²) in [6.07, 6.45) is 7.44. The Morgan fingerprint density at radius 2 is 2.57 bits per heavy atom. The zero-order valence-electron chi connectivity index (χ0n) is 4.26. The lowest BCUT2D eigenvalue weighted by Crippen LogP contribution is -2.01. The van der Waals surface area contributed by atoms with Gasteiger partial charge >= 0.3 is 0 Å². The van der Waals surface area contributed by atoms with Crippen molar-refractivity contribution < 1.29 is 4.74 Å². The molecule has 2 atom stereocenters. The summed E-state index contributed by atoms with van der Waals surface area (Å²) in [5.74, 6) is 0. The van der Waals surface area contributed by atoms with Crippen LogP contribution in [0.1, 0.15) is 19.3 Å². The molecule has 1 saturated carbocycles. The first-order valence-electron chi connectivity index (χ1n) is 2.95. The molecule has 0 aromatic rings. The van der Waals surface area contributed by atoms with Gasteiger partial charge in [0.15, 0.2) is 0 Å². The van der Waals surface area contributed by atoms with E-state index < -0.39 is 0 Å². The number of hydrogen-bond acceptors (Lipinski definition) is 1. The summed E-state index contributed by atoms with van der Waals surface area (Å²) in [6, 6.07) is 0. The first kappa shape index (κ1) is 3.79. The molecule has 0 radical (unpaired) electrons. The van der Waals surface area contributed by atoms with Gasteiger partial charge in [0.25, 0.3) is 0 Å². The molecular weight excluding hydrogens is 88.1 g/mol. The number of fused-ring (bicyclic) bond motifs is 1. The van der Waals surface area contributed by atoms with Gasteiger partial charge in [0.2, 0.25) is 6.10 Å². The van der Waals surface area contributed by atoms with Crippen LogP contribution in [0.4, 0.5) is 0 Å². The van der Waals surface area contributed by atoms with Crippen molar-refractivity contribution in [3.8, 4) is 0 Å². The van der Waals surface area contributed by atoms with Crippen LogP contribution in [-0.2, 0) is 4.74 Å². The van der Waals surface area contributed by atoms with Crippen LogP contribution in [0.25, 0.3) is 0 Å². The molecule has 0 spiro atoms. The molecule has 1 aliphatic heterocycles. The Hall–Kier alpha value is -0.170. The van der Waals surface area contributed by atoms with Crippen LogP contribution in [0.3, 0.4) is 0 Å². The van der Waals surface area contributed by atoms with Crippen molar-refractivity contribution >= 4 is 0 Å². The molecular formula is C6H9O+. The standard InChI is InChI=1S/C6H9O/c1-2-4-6-5(3-1)7-6/h3,5-6H,1-2,4H2/q+1. The zero-order valence-corrected chi connectivity index (χ0v) is 4.26. The molecule has 1 heterocycles. The molecule has 0 amide bonds. The Balaban J connectivity index is 1.95. The van der Waals surface area contributed by atoms with Crippen molar-refractivity contribution in [2.75, 3.05) is 0 Å². The molecule has 1 aliphatic carbocycles. The van der Waals surface area contributed by atoms with E-state index >= 15 is 0 Å². The van der Waals surface area contributed by atoms with Gasteiger partial charge in [0, 0.05) is 0 Å². The summed E-state index contributed by atoms with van der Waals surface area (Å²) in [7, 11) is 0. The maximum Gasteiger partial charge on any atom is 0.224 e.